The third kappa shape index (κ3) is 3.77. The lowest BCUT2D eigenvalue weighted by atomic mass is 10.2. The lowest BCUT2D eigenvalue weighted by molar-refractivity contribution is -0.384. The van der Waals surface area contributed by atoms with Crippen molar-refractivity contribution in [2.24, 2.45) is 0 Å². The molecule has 1 heterocycles. The van der Waals surface area contributed by atoms with Gasteiger partial charge >= 0.3 is 0 Å². The third-order valence-corrected chi connectivity index (χ3v) is 2.71. The van der Waals surface area contributed by atoms with Crippen LogP contribution in [0.25, 0.3) is 0 Å². The average molecular weight is 257 g/mol. The van der Waals surface area contributed by atoms with Gasteiger partial charge in [-0.05, 0) is 30.7 Å². The van der Waals surface area contributed by atoms with Crippen molar-refractivity contribution in [3.05, 3.63) is 64.0 Å². The van der Waals surface area contributed by atoms with Gasteiger partial charge in [-0.1, -0.05) is 6.07 Å². The number of rotatable bonds is 5. The van der Waals surface area contributed by atoms with E-state index in [1.54, 1.807) is 18.3 Å². The van der Waals surface area contributed by atoms with Gasteiger partial charge in [0, 0.05) is 42.7 Å². The fraction of sp³-hybridized carbons (Fsp3) is 0.214. The van der Waals surface area contributed by atoms with Crippen molar-refractivity contribution in [2.75, 3.05) is 11.9 Å². The Morgan fingerprint density at radius 3 is 2.84 bits per heavy atom. The average Bonchev–Trinajstić information content (AvgIpc) is 2.39. The lowest BCUT2D eigenvalue weighted by Gasteiger charge is -2.07. The number of nitro benzene ring substituents is 1. The molecule has 1 aromatic carbocycles. The molecule has 5 heteroatoms. The maximum atomic E-state index is 10.8. The highest BCUT2D eigenvalue weighted by atomic mass is 16.6. The van der Waals surface area contributed by atoms with Crippen molar-refractivity contribution in [3.8, 4) is 0 Å². The van der Waals surface area contributed by atoms with Crippen LogP contribution in [0.2, 0.25) is 0 Å². The fourth-order valence-electron chi connectivity index (χ4n) is 1.85. The molecule has 19 heavy (non-hydrogen) atoms. The monoisotopic (exact) mass is 257 g/mol. The van der Waals surface area contributed by atoms with Gasteiger partial charge in [0.1, 0.15) is 0 Å². The molecule has 0 saturated heterocycles. The molecule has 1 aromatic heterocycles. The quantitative estimate of drug-likeness (QED) is 0.660. The second-order valence-electron chi connectivity index (χ2n) is 4.31. The van der Waals surface area contributed by atoms with Crippen molar-refractivity contribution >= 4 is 11.4 Å². The fourth-order valence-corrected chi connectivity index (χ4v) is 1.85. The number of benzene rings is 1. The largest absolute Gasteiger partial charge is 0.384 e. The van der Waals surface area contributed by atoms with Crippen molar-refractivity contribution in [3.63, 3.8) is 0 Å². The smallest absolute Gasteiger partial charge is 0.271 e. The van der Waals surface area contributed by atoms with Crippen LogP contribution in [0.4, 0.5) is 11.4 Å². The number of aromatic nitrogens is 1. The summed E-state index contributed by atoms with van der Waals surface area (Å²) in [7, 11) is 0. The van der Waals surface area contributed by atoms with Gasteiger partial charge in [0.2, 0.25) is 0 Å². The minimum atomic E-state index is -0.378. The molecule has 0 aliphatic heterocycles. The van der Waals surface area contributed by atoms with Crippen molar-refractivity contribution in [1.29, 1.82) is 0 Å². The van der Waals surface area contributed by atoms with E-state index in [2.05, 4.69) is 10.3 Å². The maximum absolute atomic E-state index is 10.8. The zero-order valence-corrected chi connectivity index (χ0v) is 10.7. The summed E-state index contributed by atoms with van der Waals surface area (Å²) in [4.78, 5) is 14.6. The van der Waals surface area contributed by atoms with Gasteiger partial charge in [-0.2, -0.15) is 0 Å². The third-order valence-electron chi connectivity index (χ3n) is 2.71. The number of pyridine rings is 1. The highest BCUT2D eigenvalue weighted by molar-refractivity contribution is 5.53. The molecule has 0 unspecified atom stereocenters. The van der Waals surface area contributed by atoms with Gasteiger partial charge in [0.05, 0.1) is 4.92 Å². The molecule has 2 rings (SSSR count). The number of nitro groups is 1. The van der Waals surface area contributed by atoms with Crippen molar-refractivity contribution in [1.82, 2.24) is 4.98 Å². The topological polar surface area (TPSA) is 68.1 Å². The number of aryl methyl sites for hydroxylation is 1. The first kappa shape index (κ1) is 13.0. The van der Waals surface area contributed by atoms with Crippen LogP contribution in [0.1, 0.15) is 11.3 Å². The van der Waals surface area contributed by atoms with E-state index in [4.69, 9.17) is 0 Å². The first-order valence-corrected chi connectivity index (χ1v) is 6.05. The molecule has 0 spiro atoms. The van der Waals surface area contributed by atoms with Gasteiger partial charge in [0.25, 0.3) is 5.69 Å². The van der Waals surface area contributed by atoms with E-state index in [1.165, 1.54) is 0 Å². The Balaban J connectivity index is 1.98. The molecule has 0 aliphatic rings. The number of anilines is 1. The molecular formula is C14H15N3O2. The molecule has 0 bridgehead atoms. The van der Waals surface area contributed by atoms with Gasteiger partial charge in [0.15, 0.2) is 0 Å². The van der Waals surface area contributed by atoms with Gasteiger partial charge in [-0.25, -0.2) is 0 Å². The summed E-state index contributed by atoms with van der Waals surface area (Å²) >= 11 is 0. The summed E-state index contributed by atoms with van der Waals surface area (Å²) in [6, 6.07) is 10.8. The van der Waals surface area contributed by atoms with Crippen LogP contribution in [0.3, 0.4) is 0 Å². The molecule has 5 nitrogen and oxygen atoms in total. The molecule has 2 aromatic rings. The maximum Gasteiger partial charge on any atom is 0.271 e. The van der Waals surface area contributed by atoms with Crippen LogP contribution in [0, 0.1) is 17.0 Å². The van der Waals surface area contributed by atoms with E-state index >= 15 is 0 Å². The number of nitrogens with one attached hydrogen (secondary N) is 1. The highest BCUT2D eigenvalue weighted by Gasteiger charge is 2.07. The molecule has 0 saturated carbocycles. The van der Waals surface area contributed by atoms with Crippen molar-refractivity contribution < 1.29 is 4.92 Å². The van der Waals surface area contributed by atoms with Gasteiger partial charge in [-0.15, -0.1) is 0 Å². The summed E-state index contributed by atoms with van der Waals surface area (Å²) in [5, 5.41) is 14.0. The van der Waals surface area contributed by atoms with Crippen LogP contribution in [-0.4, -0.2) is 16.5 Å². The SMILES string of the molecule is Cc1cc(NCCc2ccccn2)cc([N+](=O)[O-])c1. The number of nitrogens with zero attached hydrogens (tertiary/aromatic N) is 2. The van der Waals surface area contributed by atoms with E-state index in [0.29, 0.717) is 6.54 Å². The Kier molecular flexibility index (Phi) is 4.07. The first-order chi connectivity index (χ1) is 9.15. The van der Waals surface area contributed by atoms with E-state index in [0.717, 1.165) is 23.4 Å². The Morgan fingerprint density at radius 1 is 1.32 bits per heavy atom. The van der Waals surface area contributed by atoms with Crippen LogP contribution >= 0.6 is 0 Å². The number of hydrogen-bond acceptors (Lipinski definition) is 4. The normalized spacial score (nSPS) is 10.2. The molecule has 0 fully saturated rings. The second kappa shape index (κ2) is 5.95. The zero-order valence-electron chi connectivity index (χ0n) is 10.7. The van der Waals surface area contributed by atoms with E-state index in [1.807, 2.05) is 31.2 Å². The predicted octanol–water partition coefficient (Wildman–Crippen LogP) is 2.95. The van der Waals surface area contributed by atoms with E-state index in [-0.39, 0.29) is 10.6 Å². The van der Waals surface area contributed by atoms with Crippen molar-refractivity contribution in [2.45, 2.75) is 13.3 Å². The standard InChI is InChI=1S/C14H15N3O2/c1-11-8-13(10-14(9-11)17(18)19)16-7-5-12-4-2-3-6-15-12/h2-4,6,8-10,16H,5,7H2,1H3. The minimum absolute atomic E-state index is 0.111. The van der Waals surface area contributed by atoms with E-state index < -0.39 is 0 Å². The summed E-state index contributed by atoms with van der Waals surface area (Å²) < 4.78 is 0. The summed E-state index contributed by atoms with van der Waals surface area (Å²) in [5.74, 6) is 0. The Morgan fingerprint density at radius 2 is 2.16 bits per heavy atom. The predicted molar refractivity (Wildman–Crippen MR) is 74.3 cm³/mol. The molecule has 0 aliphatic carbocycles. The molecular weight excluding hydrogens is 242 g/mol. The van der Waals surface area contributed by atoms with Crippen LogP contribution in [0.15, 0.2) is 42.6 Å². The number of non-ortho nitro benzene ring substituents is 1. The second-order valence-corrected chi connectivity index (χ2v) is 4.31. The van der Waals surface area contributed by atoms with Crippen LogP contribution in [0.5, 0.6) is 0 Å². The summed E-state index contributed by atoms with van der Waals surface area (Å²) in [6.45, 7) is 2.54. The Bertz CT molecular complexity index is 570. The van der Waals surface area contributed by atoms with E-state index in [9.17, 15) is 10.1 Å². The van der Waals surface area contributed by atoms with Gasteiger partial charge < -0.3 is 5.32 Å². The molecule has 0 amide bonds. The first-order valence-electron chi connectivity index (χ1n) is 6.05. The van der Waals surface area contributed by atoms with Crippen LogP contribution < -0.4 is 5.32 Å². The molecule has 0 atom stereocenters. The van der Waals surface area contributed by atoms with Gasteiger partial charge in [-0.3, -0.25) is 15.1 Å². The lowest BCUT2D eigenvalue weighted by Crippen LogP contribution is -2.06. The Labute approximate surface area is 111 Å². The molecule has 1 N–H and O–H groups in total. The minimum Gasteiger partial charge on any atom is -0.384 e. The highest BCUT2D eigenvalue weighted by Crippen LogP contribution is 2.20. The molecule has 98 valence electrons. The Hall–Kier alpha value is -2.43. The summed E-state index contributed by atoms with van der Waals surface area (Å²) in [5.41, 5.74) is 2.75. The van der Waals surface area contributed by atoms with Crippen LogP contribution in [-0.2, 0) is 6.42 Å². The molecule has 0 radical (unpaired) electrons. The number of hydrogen-bond donors (Lipinski definition) is 1. The zero-order chi connectivity index (χ0) is 13.7. The summed E-state index contributed by atoms with van der Waals surface area (Å²) in [6.07, 6.45) is 2.54.